The molecular weight excluding hydrogens is 564 g/mol. The lowest BCUT2D eigenvalue weighted by Gasteiger charge is -2.52. The number of carbonyl (C=O) groups is 2. The van der Waals surface area contributed by atoms with Gasteiger partial charge in [-0.2, -0.15) is 5.10 Å². The van der Waals surface area contributed by atoms with Gasteiger partial charge in [0.25, 0.3) is 0 Å². The van der Waals surface area contributed by atoms with Crippen LogP contribution in [-0.2, 0) is 26.2 Å². The molecule has 1 saturated carbocycles. The number of rotatable bonds is 10. The number of sulfonamides is 1. The summed E-state index contributed by atoms with van der Waals surface area (Å²) in [5.74, 6) is 0.692. The van der Waals surface area contributed by atoms with Crippen LogP contribution in [0.3, 0.4) is 0 Å². The Labute approximate surface area is 256 Å². The molecule has 2 aromatic rings. The van der Waals surface area contributed by atoms with Gasteiger partial charge >= 0.3 is 0 Å². The van der Waals surface area contributed by atoms with Gasteiger partial charge in [-0.05, 0) is 69.7 Å². The summed E-state index contributed by atoms with van der Waals surface area (Å²) in [5.41, 5.74) is 3.72. The minimum atomic E-state index is -3.34. The minimum absolute atomic E-state index is 0.0395. The molecule has 10 nitrogen and oxygen atoms in total. The molecular formula is C32H48N6O4S. The molecule has 3 heterocycles. The number of unbranched alkanes of at least 4 members (excludes halogenated alkanes) is 1. The lowest BCUT2D eigenvalue weighted by atomic mass is 9.79. The van der Waals surface area contributed by atoms with Gasteiger partial charge in [-0.3, -0.25) is 19.2 Å². The fraction of sp³-hybridized carbons (Fsp3) is 0.656. The van der Waals surface area contributed by atoms with Crippen molar-refractivity contribution in [1.29, 1.82) is 0 Å². The predicted molar refractivity (Wildman–Crippen MR) is 168 cm³/mol. The summed E-state index contributed by atoms with van der Waals surface area (Å²) in [5, 5.41) is 7.99. The second kappa shape index (κ2) is 13.0. The minimum Gasteiger partial charge on any atom is -0.342 e. The Balaban J connectivity index is 1.27. The van der Waals surface area contributed by atoms with Gasteiger partial charge in [0.1, 0.15) is 11.6 Å². The second-order valence-corrected chi connectivity index (χ2v) is 14.6. The third-order valence-corrected chi connectivity index (χ3v) is 10.4. The van der Waals surface area contributed by atoms with E-state index in [-0.39, 0.29) is 17.9 Å². The highest BCUT2D eigenvalue weighted by Gasteiger charge is 2.53. The zero-order valence-electron chi connectivity index (χ0n) is 26.2. The van der Waals surface area contributed by atoms with Crippen molar-refractivity contribution >= 4 is 27.5 Å². The summed E-state index contributed by atoms with van der Waals surface area (Å²) in [7, 11) is -3.34. The van der Waals surface area contributed by atoms with Crippen molar-refractivity contribution in [3.63, 3.8) is 0 Å². The molecule has 0 radical (unpaired) electrons. The van der Waals surface area contributed by atoms with Crippen LogP contribution in [0.4, 0.5) is 5.69 Å². The van der Waals surface area contributed by atoms with E-state index in [1.54, 1.807) is 12.1 Å². The Bertz CT molecular complexity index is 1410. The van der Waals surface area contributed by atoms with E-state index in [2.05, 4.69) is 28.8 Å². The summed E-state index contributed by atoms with van der Waals surface area (Å²) in [4.78, 5) is 32.0. The first kappa shape index (κ1) is 31.5. The molecule has 1 aliphatic carbocycles. The highest BCUT2D eigenvalue weighted by atomic mass is 32.2. The van der Waals surface area contributed by atoms with Crippen LogP contribution in [-0.4, -0.2) is 77.3 Å². The summed E-state index contributed by atoms with van der Waals surface area (Å²) >= 11 is 0. The maximum atomic E-state index is 13.9. The van der Waals surface area contributed by atoms with Gasteiger partial charge < -0.3 is 10.2 Å². The van der Waals surface area contributed by atoms with Crippen LogP contribution in [0.25, 0.3) is 5.69 Å². The Hall–Kier alpha value is -2.92. The number of likely N-dealkylation sites (tertiary alicyclic amines) is 1. The molecule has 43 heavy (non-hydrogen) atoms. The van der Waals surface area contributed by atoms with Crippen LogP contribution in [0.5, 0.6) is 0 Å². The van der Waals surface area contributed by atoms with Gasteiger partial charge in [0, 0.05) is 43.1 Å². The van der Waals surface area contributed by atoms with Crippen LogP contribution in [0.15, 0.2) is 24.3 Å². The molecule has 1 spiro atoms. The topological polar surface area (TPSA) is 117 Å². The number of carbonyl (C=O) groups excluding carboxylic acids is 2. The zero-order valence-corrected chi connectivity index (χ0v) is 27.0. The maximum absolute atomic E-state index is 13.9. The average Bonchev–Trinajstić information content (AvgIpc) is 3.25. The quantitative estimate of drug-likeness (QED) is 0.414. The molecule has 3 aliphatic rings. The van der Waals surface area contributed by atoms with E-state index in [0.717, 1.165) is 80.6 Å². The molecule has 2 amide bonds. The number of amides is 2. The Morgan fingerprint density at radius 3 is 2.35 bits per heavy atom. The van der Waals surface area contributed by atoms with Crippen molar-refractivity contribution in [2.45, 2.75) is 103 Å². The fourth-order valence-electron chi connectivity index (χ4n) is 7.27. The highest BCUT2D eigenvalue weighted by molar-refractivity contribution is 7.92. The van der Waals surface area contributed by atoms with Crippen molar-refractivity contribution in [1.82, 2.24) is 24.9 Å². The number of aryl methyl sites for hydroxylation is 1. The molecule has 2 aliphatic heterocycles. The van der Waals surface area contributed by atoms with Gasteiger partial charge in [-0.15, -0.1) is 0 Å². The number of piperidine rings is 1. The number of nitrogens with one attached hydrogen (secondary N) is 2. The standard InChI is InChI=1S/C32H48N6O4S/c1-5-6-18-37-30(39)29(21-25-10-8-7-9-11-25)33-31(40)32(37)16-19-36(20-17-32)22-28-23(2)34-38(24(28)3)27-14-12-26(13-15-27)35-43(4,41)42/h12-15,25,29,35H,5-11,16-22H2,1-4H3,(H,33,40)/t29-/m0/s1. The van der Waals surface area contributed by atoms with Gasteiger partial charge in [0.15, 0.2) is 0 Å². The number of anilines is 1. The van der Waals surface area contributed by atoms with Crippen molar-refractivity contribution in [2.24, 2.45) is 5.92 Å². The first-order valence-corrected chi connectivity index (χ1v) is 17.9. The molecule has 5 rings (SSSR count). The van der Waals surface area contributed by atoms with E-state index < -0.39 is 15.6 Å². The monoisotopic (exact) mass is 612 g/mol. The van der Waals surface area contributed by atoms with Crippen LogP contribution in [0.2, 0.25) is 0 Å². The largest absolute Gasteiger partial charge is 0.342 e. The van der Waals surface area contributed by atoms with Gasteiger partial charge in [0.05, 0.1) is 17.6 Å². The predicted octanol–water partition coefficient (Wildman–Crippen LogP) is 4.29. The molecule has 2 N–H and O–H groups in total. The summed E-state index contributed by atoms with van der Waals surface area (Å²) < 4.78 is 27.5. The molecule has 3 fully saturated rings. The van der Waals surface area contributed by atoms with E-state index in [4.69, 9.17) is 5.10 Å². The number of aromatic nitrogens is 2. The lowest BCUT2D eigenvalue weighted by molar-refractivity contribution is -0.162. The van der Waals surface area contributed by atoms with E-state index in [1.165, 1.54) is 19.3 Å². The van der Waals surface area contributed by atoms with Crippen LogP contribution in [0, 0.1) is 19.8 Å². The third-order valence-electron chi connectivity index (χ3n) is 9.76. The molecule has 236 valence electrons. The zero-order chi connectivity index (χ0) is 30.8. The van der Waals surface area contributed by atoms with Gasteiger partial charge in [-0.1, -0.05) is 45.4 Å². The Morgan fingerprint density at radius 2 is 1.72 bits per heavy atom. The van der Waals surface area contributed by atoms with Gasteiger partial charge in [-0.25, -0.2) is 13.1 Å². The Kier molecular flexibility index (Phi) is 9.51. The molecule has 1 aromatic heterocycles. The number of hydrogen-bond donors (Lipinski definition) is 2. The third kappa shape index (κ3) is 6.93. The molecule has 2 saturated heterocycles. The SMILES string of the molecule is CCCCN1C(=O)[C@H](CC2CCCCC2)NC(=O)C12CCN(Cc1c(C)nn(-c3ccc(NS(C)(=O)=O)cc3)c1C)CC2. The fourth-order valence-corrected chi connectivity index (χ4v) is 7.84. The van der Waals surface area contributed by atoms with E-state index in [0.29, 0.717) is 31.0 Å². The lowest BCUT2D eigenvalue weighted by Crippen LogP contribution is -2.73. The maximum Gasteiger partial charge on any atom is 0.246 e. The van der Waals surface area contributed by atoms with Crippen molar-refractivity contribution in [2.75, 3.05) is 30.6 Å². The number of piperazine rings is 1. The van der Waals surface area contributed by atoms with Crippen LogP contribution >= 0.6 is 0 Å². The molecule has 1 aromatic carbocycles. The smallest absolute Gasteiger partial charge is 0.246 e. The van der Waals surface area contributed by atoms with Crippen molar-refractivity contribution < 1.29 is 18.0 Å². The molecule has 1 atom stereocenters. The summed E-state index contributed by atoms with van der Waals surface area (Å²) in [6.45, 7) is 9.02. The normalized spacial score (nSPS) is 21.8. The first-order valence-electron chi connectivity index (χ1n) is 16.0. The molecule has 0 bridgehead atoms. The highest BCUT2D eigenvalue weighted by Crippen LogP contribution is 2.36. The Morgan fingerprint density at radius 1 is 1.05 bits per heavy atom. The van der Waals surface area contributed by atoms with Crippen LogP contribution < -0.4 is 10.0 Å². The summed E-state index contributed by atoms with van der Waals surface area (Å²) in [6, 6.07) is 6.79. The number of nitrogens with zero attached hydrogens (tertiary/aromatic N) is 4. The first-order chi connectivity index (χ1) is 20.5. The van der Waals surface area contributed by atoms with Crippen molar-refractivity contribution in [3.8, 4) is 5.69 Å². The second-order valence-electron chi connectivity index (χ2n) is 12.9. The van der Waals surface area contributed by atoms with Gasteiger partial charge in [0.2, 0.25) is 21.8 Å². The van der Waals surface area contributed by atoms with Crippen molar-refractivity contribution in [3.05, 3.63) is 41.2 Å². The van der Waals surface area contributed by atoms with Crippen LogP contribution in [0.1, 0.15) is 88.1 Å². The van der Waals surface area contributed by atoms with E-state index in [9.17, 15) is 18.0 Å². The number of benzene rings is 1. The molecule has 11 heteroatoms. The summed E-state index contributed by atoms with van der Waals surface area (Å²) in [6.07, 6.45) is 11.1. The number of hydrogen-bond acceptors (Lipinski definition) is 6. The van der Waals surface area contributed by atoms with E-state index >= 15 is 0 Å². The average molecular weight is 613 g/mol. The van der Waals surface area contributed by atoms with E-state index in [1.807, 2.05) is 28.6 Å². The molecule has 0 unspecified atom stereocenters.